The van der Waals surface area contributed by atoms with E-state index >= 15 is 0 Å². The van der Waals surface area contributed by atoms with Crippen LogP contribution >= 0.6 is 0 Å². The van der Waals surface area contributed by atoms with Gasteiger partial charge >= 0.3 is 0 Å². The van der Waals surface area contributed by atoms with E-state index in [1.807, 2.05) is 6.07 Å². The van der Waals surface area contributed by atoms with E-state index in [-0.39, 0.29) is 37.1 Å². The number of nitrogens with zero attached hydrogens (tertiary/aromatic N) is 3. The predicted molar refractivity (Wildman–Crippen MR) is 80.3 cm³/mol. The number of hydrogen-bond donors (Lipinski definition) is 0. The minimum absolute atomic E-state index is 0.00910. The molecule has 1 aliphatic heterocycles. The number of pyridine rings is 2. The summed E-state index contributed by atoms with van der Waals surface area (Å²) in [5.74, 6) is 0.130. The lowest BCUT2D eigenvalue weighted by Crippen LogP contribution is -2.45. The minimum atomic E-state index is -3.00. The third-order valence-electron chi connectivity index (χ3n) is 3.52. The summed E-state index contributed by atoms with van der Waals surface area (Å²) in [6.45, 7) is 0.269. The number of carbonyl (C=O) groups excluding carboxylic acids is 1. The van der Waals surface area contributed by atoms with E-state index in [0.717, 1.165) is 10.9 Å². The Balaban J connectivity index is 1.66. The monoisotopic (exact) mass is 321 g/mol. The summed E-state index contributed by atoms with van der Waals surface area (Å²) in [6, 6.07) is 5.36. The van der Waals surface area contributed by atoms with E-state index in [2.05, 4.69) is 9.97 Å². The smallest absolute Gasteiger partial charge is 0.260 e. The number of sulfone groups is 1. The molecule has 0 radical (unpaired) electrons. The Morgan fingerprint density at radius 2 is 1.95 bits per heavy atom. The molecule has 0 atom stereocenters. The van der Waals surface area contributed by atoms with E-state index in [1.165, 1.54) is 4.90 Å². The van der Waals surface area contributed by atoms with E-state index < -0.39 is 9.84 Å². The number of amides is 1. The zero-order valence-corrected chi connectivity index (χ0v) is 12.6. The van der Waals surface area contributed by atoms with E-state index in [4.69, 9.17) is 4.74 Å². The summed E-state index contributed by atoms with van der Waals surface area (Å²) in [4.78, 5) is 21.9. The van der Waals surface area contributed by atoms with Crippen LogP contribution in [0.4, 0.5) is 0 Å². The van der Waals surface area contributed by atoms with E-state index in [1.54, 1.807) is 24.5 Å². The van der Waals surface area contributed by atoms with Crippen molar-refractivity contribution in [1.29, 1.82) is 0 Å². The van der Waals surface area contributed by atoms with Crippen LogP contribution < -0.4 is 4.74 Å². The van der Waals surface area contributed by atoms with Crippen LogP contribution in [0.1, 0.15) is 0 Å². The largest absolute Gasteiger partial charge is 0.467 e. The molecule has 0 aliphatic carbocycles. The third-order valence-corrected chi connectivity index (χ3v) is 5.13. The van der Waals surface area contributed by atoms with Gasteiger partial charge in [-0.05, 0) is 18.2 Å². The molecule has 1 fully saturated rings. The number of carbonyl (C=O) groups is 1. The van der Waals surface area contributed by atoms with Gasteiger partial charge in [-0.1, -0.05) is 0 Å². The lowest BCUT2D eigenvalue weighted by molar-refractivity contribution is -0.133. The lowest BCUT2D eigenvalue weighted by atomic mass is 10.2. The summed E-state index contributed by atoms with van der Waals surface area (Å²) >= 11 is 0. The summed E-state index contributed by atoms with van der Waals surface area (Å²) in [6.07, 6.45) is 3.24. The van der Waals surface area contributed by atoms with Gasteiger partial charge in [0.2, 0.25) is 5.88 Å². The Morgan fingerprint density at radius 1 is 1.18 bits per heavy atom. The first kappa shape index (κ1) is 14.7. The highest BCUT2D eigenvalue weighted by molar-refractivity contribution is 7.91. The van der Waals surface area contributed by atoms with Crippen LogP contribution in [0, 0.1) is 0 Å². The molecule has 2 aromatic rings. The minimum Gasteiger partial charge on any atom is -0.467 e. The number of rotatable bonds is 3. The van der Waals surface area contributed by atoms with Crippen molar-refractivity contribution in [3.8, 4) is 5.88 Å². The second-order valence-electron chi connectivity index (χ2n) is 5.01. The molecule has 0 N–H and O–H groups in total. The second-order valence-corrected chi connectivity index (χ2v) is 7.31. The third kappa shape index (κ3) is 3.16. The Hall–Kier alpha value is -2.22. The maximum absolute atomic E-state index is 12.1. The van der Waals surface area contributed by atoms with Gasteiger partial charge in [0.25, 0.3) is 5.91 Å². The fourth-order valence-electron chi connectivity index (χ4n) is 2.27. The summed E-state index contributed by atoms with van der Waals surface area (Å²) < 4.78 is 28.2. The van der Waals surface area contributed by atoms with Crippen LogP contribution in [0.5, 0.6) is 5.88 Å². The Bertz CT molecular complexity index is 787. The van der Waals surface area contributed by atoms with Crippen LogP contribution in [0.15, 0.2) is 30.6 Å². The molecule has 0 unspecified atom stereocenters. The molecule has 1 saturated heterocycles. The molecule has 22 heavy (non-hydrogen) atoms. The van der Waals surface area contributed by atoms with Gasteiger partial charge in [-0.2, -0.15) is 0 Å². The highest BCUT2D eigenvalue weighted by Gasteiger charge is 2.25. The zero-order chi connectivity index (χ0) is 15.6. The first-order valence-corrected chi connectivity index (χ1v) is 8.68. The van der Waals surface area contributed by atoms with E-state index in [9.17, 15) is 13.2 Å². The topological polar surface area (TPSA) is 89.5 Å². The number of ether oxygens (including phenoxy) is 1. The van der Waals surface area contributed by atoms with Crippen molar-refractivity contribution in [2.24, 2.45) is 0 Å². The molecule has 3 heterocycles. The van der Waals surface area contributed by atoms with Gasteiger partial charge in [0.1, 0.15) is 0 Å². The molecule has 0 aromatic carbocycles. The van der Waals surface area contributed by atoms with Gasteiger partial charge in [0, 0.05) is 25.5 Å². The van der Waals surface area contributed by atoms with E-state index in [0.29, 0.717) is 5.88 Å². The maximum atomic E-state index is 12.1. The summed E-state index contributed by atoms with van der Waals surface area (Å²) in [5.41, 5.74) is 0.740. The summed E-state index contributed by atoms with van der Waals surface area (Å²) in [5, 5.41) is 0.735. The zero-order valence-electron chi connectivity index (χ0n) is 11.8. The van der Waals surface area contributed by atoms with Crippen LogP contribution in [0.2, 0.25) is 0 Å². The molecule has 3 rings (SSSR count). The highest BCUT2D eigenvalue weighted by Crippen LogP contribution is 2.20. The number of fused-ring (bicyclic) bond motifs is 1. The Morgan fingerprint density at radius 3 is 2.73 bits per heavy atom. The molecule has 0 bridgehead atoms. The predicted octanol–water partition coefficient (Wildman–Crippen LogP) is 0.266. The van der Waals surface area contributed by atoms with Gasteiger partial charge in [0.05, 0.1) is 22.4 Å². The molecule has 7 nitrogen and oxygen atoms in total. The van der Waals surface area contributed by atoms with Gasteiger partial charge in [-0.25, -0.2) is 13.4 Å². The van der Waals surface area contributed by atoms with Gasteiger partial charge in [-0.15, -0.1) is 0 Å². The molecule has 8 heteroatoms. The van der Waals surface area contributed by atoms with Crippen molar-refractivity contribution in [1.82, 2.24) is 14.9 Å². The first-order chi connectivity index (χ1) is 10.6. The lowest BCUT2D eigenvalue weighted by Gasteiger charge is -2.26. The van der Waals surface area contributed by atoms with Crippen LogP contribution in [-0.2, 0) is 14.6 Å². The second kappa shape index (κ2) is 5.88. The van der Waals surface area contributed by atoms with Crippen LogP contribution in [-0.4, -0.2) is 60.4 Å². The van der Waals surface area contributed by atoms with Crippen molar-refractivity contribution in [2.45, 2.75) is 0 Å². The average molecular weight is 321 g/mol. The average Bonchev–Trinajstić information content (AvgIpc) is 2.52. The van der Waals surface area contributed by atoms with Gasteiger partial charge < -0.3 is 9.64 Å². The fraction of sp³-hybridized carbons (Fsp3) is 0.357. The molecule has 1 amide bonds. The van der Waals surface area contributed by atoms with Crippen molar-refractivity contribution in [3.05, 3.63) is 30.6 Å². The molecule has 1 aliphatic rings. The molecular weight excluding hydrogens is 306 g/mol. The standard InChI is InChI=1S/C14H15N3O4S/c18-13(17-6-8-22(19,20)9-7-17)10-21-14-11-2-1-4-15-12(11)3-5-16-14/h1-5H,6-10H2. The molecule has 0 saturated carbocycles. The molecular formula is C14H15N3O4S. The fourth-order valence-corrected chi connectivity index (χ4v) is 3.48. The van der Waals surface area contributed by atoms with Gasteiger partial charge in [-0.3, -0.25) is 9.78 Å². The van der Waals surface area contributed by atoms with Gasteiger partial charge in [0.15, 0.2) is 16.4 Å². The van der Waals surface area contributed by atoms with Crippen molar-refractivity contribution in [3.63, 3.8) is 0 Å². The van der Waals surface area contributed by atoms with Crippen LogP contribution in [0.25, 0.3) is 10.9 Å². The molecule has 116 valence electrons. The molecule has 2 aromatic heterocycles. The molecule has 0 spiro atoms. The maximum Gasteiger partial charge on any atom is 0.260 e. The number of hydrogen-bond acceptors (Lipinski definition) is 6. The number of aromatic nitrogens is 2. The van der Waals surface area contributed by atoms with Crippen LogP contribution in [0.3, 0.4) is 0 Å². The Kier molecular flexibility index (Phi) is 3.93. The first-order valence-electron chi connectivity index (χ1n) is 6.86. The van der Waals surface area contributed by atoms with Crippen molar-refractivity contribution >= 4 is 26.6 Å². The van der Waals surface area contributed by atoms with Crippen molar-refractivity contribution < 1.29 is 17.9 Å². The SMILES string of the molecule is O=C(COc1nccc2ncccc12)N1CCS(=O)(=O)CC1. The summed E-state index contributed by atoms with van der Waals surface area (Å²) in [7, 11) is -3.00. The Labute approximate surface area is 127 Å². The highest BCUT2D eigenvalue weighted by atomic mass is 32.2. The van der Waals surface area contributed by atoms with Crippen molar-refractivity contribution in [2.75, 3.05) is 31.2 Å². The normalized spacial score (nSPS) is 17.4. The quantitative estimate of drug-likeness (QED) is 0.806.